The van der Waals surface area contributed by atoms with Gasteiger partial charge in [-0.05, 0) is 36.1 Å². The molecule has 2 aromatic carbocycles. The Morgan fingerprint density at radius 1 is 1.17 bits per heavy atom. The number of halogens is 1. The Morgan fingerprint density at radius 2 is 2.00 bits per heavy atom. The SMILES string of the molecule is CCCc1cc2ccc(C(=O)OCc3ccccc3Cl)cc2[nH]1. The number of hydrogen-bond donors (Lipinski definition) is 1. The van der Waals surface area contributed by atoms with Gasteiger partial charge in [-0.3, -0.25) is 0 Å². The van der Waals surface area contributed by atoms with E-state index in [0.29, 0.717) is 10.6 Å². The standard InChI is InChI=1S/C19H18ClNO2/c1-2-5-16-10-13-8-9-14(11-18(13)21-16)19(22)23-12-15-6-3-4-7-17(15)20/h3-4,6-11,21H,2,5,12H2,1H3. The first-order chi connectivity index (χ1) is 11.2. The van der Waals surface area contributed by atoms with Crippen LogP contribution in [0.2, 0.25) is 5.02 Å². The fourth-order valence-electron chi connectivity index (χ4n) is 2.56. The molecule has 0 aliphatic heterocycles. The van der Waals surface area contributed by atoms with Crippen molar-refractivity contribution < 1.29 is 9.53 Å². The van der Waals surface area contributed by atoms with Gasteiger partial charge in [0.25, 0.3) is 0 Å². The van der Waals surface area contributed by atoms with E-state index in [2.05, 4.69) is 18.0 Å². The van der Waals surface area contributed by atoms with E-state index in [1.54, 1.807) is 12.1 Å². The van der Waals surface area contributed by atoms with E-state index in [4.69, 9.17) is 16.3 Å². The molecule has 3 nitrogen and oxygen atoms in total. The molecule has 0 spiro atoms. The minimum absolute atomic E-state index is 0.169. The summed E-state index contributed by atoms with van der Waals surface area (Å²) in [6, 6.07) is 15.0. The van der Waals surface area contributed by atoms with E-state index in [-0.39, 0.29) is 12.6 Å². The Balaban J connectivity index is 1.74. The molecule has 4 heteroatoms. The quantitative estimate of drug-likeness (QED) is 0.660. The second-order valence-electron chi connectivity index (χ2n) is 5.51. The van der Waals surface area contributed by atoms with E-state index in [0.717, 1.165) is 29.3 Å². The van der Waals surface area contributed by atoms with Gasteiger partial charge >= 0.3 is 5.97 Å². The zero-order valence-corrected chi connectivity index (χ0v) is 13.7. The third-order valence-electron chi connectivity index (χ3n) is 3.75. The Kier molecular flexibility index (Phi) is 4.68. The number of H-pyrrole nitrogens is 1. The van der Waals surface area contributed by atoms with Crippen LogP contribution in [0, 0.1) is 0 Å². The molecule has 0 unspecified atom stereocenters. The summed E-state index contributed by atoms with van der Waals surface area (Å²) in [5.74, 6) is -0.349. The van der Waals surface area contributed by atoms with Gasteiger partial charge in [0.15, 0.2) is 0 Å². The number of aryl methyl sites for hydroxylation is 1. The van der Waals surface area contributed by atoms with Crippen molar-refractivity contribution in [3.8, 4) is 0 Å². The molecule has 0 saturated carbocycles. The molecule has 1 aromatic heterocycles. The molecule has 118 valence electrons. The fraction of sp³-hybridized carbons (Fsp3) is 0.211. The van der Waals surface area contributed by atoms with Crippen LogP contribution in [0.15, 0.2) is 48.5 Å². The second kappa shape index (κ2) is 6.88. The third kappa shape index (κ3) is 3.57. The lowest BCUT2D eigenvalue weighted by atomic mass is 10.1. The van der Waals surface area contributed by atoms with Gasteiger partial charge in [-0.2, -0.15) is 0 Å². The fourth-order valence-corrected chi connectivity index (χ4v) is 2.75. The number of rotatable bonds is 5. The summed E-state index contributed by atoms with van der Waals surface area (Å²) in [5, 5.41) is 1.71. The number of carbonyl (C=O) groups is 1. The average Bonchev–Trinajstić information content (AvgIpc) is 2.95. The largest absolute Gasteiger partial charge is 0.457 e. The van der Waals surface area contributed by atoms with Crippen molar-refractivity contribution in [1.82, 2.24) is 4.98 Å². The van der Waals surface area contributed by atoms with Gasteiger partial charge in [0.1, 0.15) is 6.61 Å². The molecule has 0 bridgehead atoms. The smallest absolute Gasteiger partial charge is 0.338 e. The molecule has 1 heterocycles. The number of aromatic amines is 1. The Morgan fingerprint density at radius 3 is 2.78 bits per heavy atom. The highest BCUT2D eigenvalue weighted by molar-refractivity contribution is 6.31. The number of hydrogen-bond acceptors (Lipinski definition) is 2. The maximum absolute atomic E-state index is 12.2. The molecule has 1 N–H and O–H groups in total. The molecule has 0 fully saturated rings. The van der Waals surface area contributed by atoms with Crippen molar-refractivity contribution in [1.29, 1.82) is 0 Å². The number of ether oxygens (including phenoxy) is 1. The van der Waals surface area contributed by atoms with E-state index in [9.17, 15) is 4.79 Å². The van der Waals surface area contributed by atoms with Crippen molar-refractivity contribution in [2.24, 2.45) is 0 Å². The minimum Gasteiger partial charge on any atom is -0.457 e. The predicted molar refractivity (Wildman–Crippen MR) is 92.9 cm³/mol. The summed E-state index contributed by atoms with van der Waals surface area (Å²) in [5.41, 5.74) is 3.48. The zero-order chi connectivity index (χ0) is 16.2. The molecule has 0 amide bonds. The first kappa shape index (κ1) is 15.6. The lowest BCUT2D eigenvalue weighted by molar-refractivity contribution is 0.0473. The van der Waals surface area contributed by atoms with Crippen LogP contribution in [0.25, 0.3) is 10.9 Å². The van der Waals surface area contributed by atoms with E-state index in [1.165, 1.54) is 5.69 Å². The molecule has 0 radical (unpaired) electrons. The molecule has 0 aliphatic carbocycles. The third-order valence-corrected chi connectivity index (χ3v) is 4.12. The first-order valence-electron chi connectivity index (χ1n) is 7.69. The molecule has 0 saturated heterocycles. The number of nitrogens with one attached hydrogen (secondary N) is 1. The van der Waals surface area contributed by atoms with Crippen molar-refractivity contribution in [3.63, 3.8) is 0 Å². The van der Waals surface area contributed by atoms with E-state index < -0.39 is 0 Å². The van der Waals surface area contributed by atoms with Crippen molar-refractivity contribution in [3.05, 3.63) is 70.4 Å². The van der Waals surface area contributed by atoms with Crippen LogP contribution in [-0.4, -0.2) is 11.0 Å². The van der Waals surface area contributed by atoms with Gasteiger partial charge in [0.05, 0.1) is 5.56 Å². The Bertz CT molecular complexity index is 838. The summed E-state index contributed by atoms with van der Waals surface area (Å²) in [6.07, 6.45) is 2.08. The molecular weight excluding hydrogens is 310 g/mol. The van der Waals surface area contributed by atoms with Crippen LogP contribution in [0.5, 0.6) is 0 Å². The molecule has 3 aromatic rings. The second-order valence-corrected chi connectivity index (χ2v) is 5.92. The summed E-state index contributed by atoms with van der Waals surface area (Å²) >= 11 is 6.07. The lowest BCUT2D eigenvalue weighted by Gasteiger charge is -2.06. The minimum atomic E-state index is -0.349. The normalized spacial score (nSPS) is 10.9. The van der Waals surface area contributed by atoms with Crippen molar-refractivity contribution >= 4 is 28.5 Å². The lowest BCUT2D eigenvalue weighted by Crippen LogP contribution is -2.05. The Labute approximate surface area is 140 Å². The van der Waals surface area contributed by atoms with E-state index >= 15 is 0 Å². The molecule has 0 atom stereocenters. The predicted octanol–water partition coefficient (Wildman–Crippen LogP) is 5.13. The molecule has 3 rings (SSSR count). The van der Waals surface area contributed by atoms with Gasteiger partial charge in [0.2, 0.25) is 0 Å². The van der Waals surface area contributed by atoms with Gasteiger partial charge in [-0.25, -0.2) is 4.79 Å². The van der Waals surface area contributed by atoms with Crippen LogP contribution in [-0.2, 0) is 17.8 Å². The van der Waals surface area contributed by atoms with Crippen LogP contribution >= 0.6 is 11.6 Å². The molecule has 23 heavy (non-hydrogen) atoms. The highest BCUT2D eigenvalue weighted by Gasteiger charge is 2.10. The van der Waals surface area contributed by atoms with E-state index in [1.807, 2.05) is 30.3 Å². The summed E-state index contributed by atoms with van der Waals surface area (Å²) in [6.45, 7) is 2.31. The van der Waals surface area contributed by atoms with Crippen LogP contribution in [0.4, 0.5) is 0 Å². The van der Waals surface area contributed by atoms with Gasteiger partial charge in [-0.15, -0.1) is 0 Å². The zero-order valence-electron chi connectivity index (χ0n) is 12.9. The topological polar surface area (TPSA) is 42.1 Å². The summed E-state index contributed by atoms with van der Waals surface area (Å²) < 4.78 is 5.36. The molecule has 0 aliphatic rings. The van der Waals surface area contributed by atoms with Gasteiger partial charge in [0, 0.05) is 21.8 Å². The van der Waals surface area contributed by atoms with Crippen LogP contribution in [0.3, 0.4) is 0 Å². The monoisotopic (exact) mass is 327 g/mol. The summed E-state index contributed by atoms with van der Waals surface area (Å²) in [4.78, 5) is 15.6. The maximum atomic E-state index is 12.2. The highest BCUT2D eigenvalue weighted by Crippen LogP contribution is 2.20. The van der Waals surface area contributed by atoms with Crippen LogP contribution < -0.4 is 0 Å². The first-order valence-corrected chi connectivity index (χ1v) is 8.07. The number of benzene rings is 2. The van der Waals surface area contributed by atoms with Crippen molar-refractivity contribution in [2.75, 3.05) is 0 Å². The number of fused-ring (bicyclic) bond motifs is 1. The Hall–Kier alpha value is -2.26. The highest BCUT2D eigenvalue weighted by atomic mass is 35.5. The van der Waals surface area contributed by atoms with Gasteiger partial charge in [-0.1, -0.05) is 49.2 Å². The number of aromatic nitrogens is 1. The average molecular weight is 328 g/mol. The molecular formula is C19H18ClNO2. The number of carbonyl (C=O) groups excluding carboxylic acids is 1. The van der Waals surface area contributed by atoms with Crippen LogP contribution in [0.1, 0.15) is 35.0 Å². The summed E-state index contributed by atoms with van der Waals surface area (Å²) in [7, 11) is 0. The van der Waals surface area contributed by atoms with Crippen molar-refractivity contribution in [2.45, 2.75) is 26.4 Å². The van der Waals surface area contributed by atoms with Gasteiger partial charge < -0.3 is 9.72 Å². The maximum Gasteiger partial charge on any atom is 0.338 e. The number of esters is 1.